The van der Waals surface area contributed by atoms with Crippen LogP contribution in [0.5, 0.6) is 0 Å². The molecule has 0 radical (unpaired) electrons. The van der Waals surface area contributed by atoms with Crippen LogP contribution in [0.2, 0.25) is 0 Å². The highest BCUT2D eigenvalue weighted by atomic mass is 32.2. The minimum atomic E-state index is -2.86. The monoisotopic (exact) mass is 412 g/mol. The molecule has 0 unspecified atom stereocenters. The number of hydrogen-bond donors (Lipinski definition) is 0. The van der Waals surface area contributed by atoms with E-state index in [-0.39, 0.29) is 16.9 Å². The Kier molecular flexibility index (Phi) is 5.02. The van der Waals surface area contributed by atoms with Gasteiger partial charge in [0.2, 0.25) is 0 Å². The molecule has 4 nitrogen and oxygen atoms in total. The van der Waals surface area contributed by atoms with E-state index in [4.69, 9.17) is 4.98 Å². The zero-order chi connectivity index (χ0) is 19.8. The molecule has 0 amide bonds. The maximum Gasteiger partial charge on any atom is 0.153 e. The predicted octanol–water partition coefficient (Wildman–Crippen LogP) is 4.37. The third kappa shape index (κ3) is 3.84. The normalized spacial score (nSPS) is 16.9. The van der Waals surface area contributed by atoms with Crippen LogP contribution in [-0.4, -0.2) is 38.0 Å². The first-order valence-corrected chi connectivity index (χ1v) is 12.1. The van der Waals surface area contributed by atoms with E-state index < -0.39 is 9.84 Å². The molecule has 2 aromatic carbocycles. The lowest BCUT2D eigenvalue weighted by Crippen LogP contribution is -2.40. The number of benzene rings is 2. The number of nitrogens with zero attached hydrogens (tertiary/aromatic N) is 2. The molecule has 0 aliphatic carbocycles. The van der Waals surface area contributed by atoms with Gasteiger partial charge in [-0.15, -0.1) is 11.3 Å². The van der Waals surface area contributed by atoms with Crippen molar-refractivity contribution in [2.24, 2.45) is 0 Å². The molecule has 1 aliphatic heterocycles. The molecule has 6 heteroatoms. The summed E-state index contributed by atoms with van der Waals surface area (Å²) in [6.07, 6.45) is 1.95. The average Bonchev–Trinajstić information content (AvgIpc) is 3.20. The summed E-state index contributed by atoms with van der Waals surface area (Å²) in [5.41, 5.74) is 3.34. The molecule has 2 heterocycles. The van der Waals surface area contributed by atoms with E-state index in [0.29, 0.717) is 13.1 Å². The third-order valence-electron chi connectivity index (χ3n) is 5.40. The van der Waals surface area contributed by atoms with Gasteiger partial charge in [0, 0.05) is 30.4 Å². The van der Waals surface area contributed by atoms with Crippen LogP contribution in [0.4, 0.5) is 5.69 Å². The second kappa shape index (κ2) is 7.33. The van der Waals surface area contributed by atoms with Gasteiger partial charge in [-0.1, -0.05) is 42.5 Å². The van der Waals surface area contributed by atoms with E-state index in [1.165, 1.54) is 5.56 Å². The highest BCUT2D eigenvalue weighted by molar-refractivity contribution is 7.91. The first-order valence-electron chi connectivity index (χ1n) is 9.43. The fourth-order valence-corrected chi connectivity index (χ4v) is 5.73. The van der Waals surface area contributed by atoms with Crippen LogP contribution >= 0.6 is 11.3 Å². The van der Waals surface area contributed by atoms with E-state index in [9.17, 15) is 8.42 Å². The highest BCUT2D eigenvalue weighted by Gasteiger charge is 2.27. The van der Waals surface area contributed by atoms with Crippen LogP contribution in [0.25, 0.3) is 10.4 Å². The molecule has 0 spiro atoms. The number of sulfone groups is 1. The molecular weight excluding hydrogens is 388 g/mol. The Morgan fingerprint density at radius 2 is 1.61 bits per heavy atom. The summed E-state index contributed by atoms with van der Waals surface area (Å²) in [6, 6.07) is 18.8. The molecule has 1 saturated heterocycles. The lowest BCUT2D eigenvalue weighted by atomic mass is 9.85. The molecule has 4 rings (SSSR count). The van der Waals surface area contributed by atoms with Gasteiger partial charge in [0.1, 0.15) is 5.01 Å². The van der Waals surface area contributed by atoms with Crippen molar-refractivity contribution in [3.8, 4) is 10.4 Å². The summed E-state index contributed by atoms with van der Waals surface area (Å²) >= 11 is 1.72. The molecule has 0 bridgehead atoms. The Morgan fingerprint density at radius 3 is 2.25 bits per heavy atom. The first-order chi connectivity index (χ1) is 13.4. The maximum absolute atomic E-state index is 11.6. The topological polar surface area (TPSA) is 50.3 Å². The lowest BCUT2D eigenvalue weighted by molar-refractivity contribution is 0.587. The van der Waals surface area contributed by atoms with E-state index in [2.05, 4.69) is 67.3 Å². The molecule has 1 fully saturated rings. The summed E-state index contributed by atoms with van der Waals surface area (Å²) in [5, 5.41) is 1.10. The summed E-state index contributed by atoms with van der Waals surface area (Å²) in [7, 11) is -2.86. The van der Waals surface area contributed by atoms with Crippen LogP contribution in [0, 0.1) is 0 Å². The first kappa shape index (κ1) is 19.2. The van der Waals surface area contributed by atoms with Gasteiger partial charge in [-0.25, -0.2) is 13.4 Å². The van der Waals surface area contributed by atoms with E-state index in [1.807, 2.05) is 12.3 Å². The third-order valence-corrected chi connectivity index (χ3v) is 8.38. The molecule has 146 valence electrons. The molecule has 3 aromatic rings. The molecular formula is C22H24N2O2S2. The van der Waals surface area contributed by atoms with Crippen LogP contribution in [-0.2, 0) is 15.3 Å². The fourth-order valence-electron chi connectivity index (χ4n) is 3.48. The Morgan fingerprint density at radius 1 is 0.964 bits per heavy atom. The zero-order valence-electron chi connectivity index (χ0n) is 16.1. The maximum atomic E-state index is 11.6. The Hall–Kier alpha value is -2.18. The molecule has 28 heavy (non-hydrogen) atoms. The quantitative estimate of drug-likeness (QED) is 0.638. The van der Waals surface area contributed by atoms with Crippen molar-refractivity contribution >= 4 is 26.9 Å². The zero-order valence-corrected chi connectivity index (χ0v) is 17.8. The van der Waals surface area contributed by atoms with Crippen LogP contribution in [0.1, 0.15) is 24.4 Å². The summed E-state index contributed by atoms with van der Waals surface area (Å²) < 4.78 is 23.2. The van der Waals surface area contributed by atoms with E-state index >= 15 is 0 Å². The largest absolute Gasteiger partial charge is 0.369 e. The second-order valence-electron chi connectivity index (χ2n) is 7.71. The van der Waals surface area contributed by atoms with Crippen LogP contribution < -0.4 is 4.90 Å². The van der Waals surface area contributed by atoms with Crippen LogP contribution in [0.15, 0.2) is 60.8 Å². The van der Waals surface area contributed by atoms with Gasteiger partial charge in [0.15, 0.2) is 9.84 Å². The van der Waals surface area contributed by atoms with Gasteiger partial charge in [-0.05, 0) is 37.1 Å². The van der Waals surface area contributed by atoms with Crippen molar-refractivity contribution in [2.75, 3.05) is 29.5 Å². The van der Waals surface area contributed by atoms with Gasteiger partial charge in [-0.2, -0.15) is 0 Å². The highest BCUT2D eigenvalue weighted by Crippen LogP contribution is 2.37. The minimum absolute atomic E-state index is 0.136. The van der Waals surface area contributed by atoms with Gasteiger partial charge in [0.05, 0.1) is 16.4 Å². The smallest absolute Gasteiger partial charge is 0.153 e. The van der Waals surface area contributed by atoms with Crippen molar-refractivity contribution < 1.29 is 8.42 Å². The summed E-state index contributed by atoms with van der Waals surface area (Å²) in [4.78, 5) is 8.00. The van der Waals surface area contributed by atoms with Crippen molar-refractivity contribution in [1.82, 2.24) is 4.98 Å². The number of anilines is 1. The number of aromatic nitrogens is 1. The van der Waals surface area contributed by atoms with Crippen molar-refractivity contribution in [1.29, 1.82) is 0 Å². The number of rotatable bonds is 4. The molecule has 1 aliphatic rings. The van der Waals surface area contributed by atoms with Gasteiger partial charge in [-0.3, -0.25) is 0 Å². The lowest BCUT2D eigenvalue weighted by Gasteiger charge is -2.28. The van der Waals surface area contributed by atoms with Gasteiger partial charge in [0.25, 0.3) is 0 Å². The number of thiazole rings is 1. The van der Waals surface area contributed by atoms with Crippen molar-refractivity contribution in [3.63, 3.8) is 0 Å². The van der Waals surface area contributed by atoms with Gasteiger partial charge < -0.3 is 4.90 Å². The van der Waals surface area contributed by atoms with Crippen LogP contribution in [0.3, 0.4) is 0 Å². The standard InChI is InChI=1S/C22H24N2O2S2/c1-22(2,18-6-4-3-5-7-18)21-23-16-20(27-21)17-8-10-19(11-9-17)24-12-14-28(25,26)15-13-24/h3-11,16H,12-15H2,1-2H3. The number of hydrogen-bond acceptors (Lipinski definition) is 5. The molecule has 0 N–H and O–H groups in total. The summed E-state index contributed by atoms with van der Waals surface area (Å²) in [5.74, 6) is 0.475. The molecule has 1 aromatic heterocycles. The van der Waals surface area contributed by atoms with Crippen molar-refractivity contribution in [2.45, 2.75) is 19.3 Å². The van der Waals surface area contributed by atoms with Crippen molar-refractivity contribution in [3.05, 3.63) is 71.4 Å². The minimum Gasteiger partial charge on any atom is -0.369 e. The second-order valence-corrected chi connectivity index (χ2v) is 11.0. The summed E-state index contributed by atoms with van der Waals surface area (Å²) in [6.45, 7) is 5.55. The predicted molar refractivity (Wildman–Crippen MR) is 117 cm³/mol. The SMILES string of the molecule is CC(C)(c1ccccc1)c1ncc(-c2ccc(N3CCS(=O)(=O)CC3)cc2)s1. The van der Waals surface area contributed by atoms with E-state index in [1.54, 1.807) is 11.3 Å². The Labute approximate surface area is 170 Å². The van der Waals surface area contributed by atoms with Gasteiger partial charge >= 0.3 is 0 Å². The molecule has 0 atom stereocenters. The Balaban J connectivity index is 1.53. The Bertz CT molecular complexity index is 1040. The molecule has 0 saturated carbocycles. The fraction of sp³-hybridized carbons (Fsp3) is 0.318. The average molecular weight is 413 g/mol. The van der Waals surface area contributed by atoms with E-state index in [0.717, 1.165) is 21.1 Å².